The van der Waals surface area contributed by atoms with Crippen LogP contribution in [0.1, 0.15) is 48.5 Å². The lowest BCUT2D eigenvalue weighted by molar-refractivity contribution is -0.0579. The topological polar surface area (TPSA) is 36.9 Å². The molecular weight excluding hydrogens is 484 g/mol. The predicted octanol–water partition coefficient (Wildman–Crippen LogP) is 8.05. The van der Waals surface area contributed by atoms with E-state index in [1.165, 1.54) is 0 Å². The molecule has 0 fully saturated rings. The van der Waals surface area contributed by atoms with Gasteiger partial charge in [0.25, 0.3) is 8.32 Å². The lowest BCUT2D eigenvalue weighted by atomic mass is 10.0. The number of hydrogen-bond donors (Lipinski definition) is 0. The molecule has 0 bridgehead atoms. The van der Waals surface area contributed by atoms with Crippen LogP contribution in [-0.4, -0.2) is 33.7 Å². The molecule has 2 rings (SSSR count). The zero-order valence-electron chi connectivity index (χ0n) is 20.8. The first kappa shape index (κ1) is 26.7. The fourth-order valence-electron chi connectivity index (χ4n) is 4.68. The third-order valence-corrected chi connectivity index (χ3v) is 12.6. The molecule has 0 aromatic heterocycles. The van der Waals surface area contributed by atoms with Crippen molar-refractivity contribution in [2.24, 2.45) is 0 Å². The molecule has 0 aliphatic heterocycles. The van der Waals surface area contributed by atoms with Gasteiger partial charge in [-0.15, -0.1) is 0 Å². The van der Waals surface area contributed by atoms with Crippen molar-refractivity contribution in [1.82, 2.24) is 0 Å². The van der Waals surface area contributed by atoms with E-state index in [9.17, 15) is 0 Å². The second-order valence-electron chi connectivity index (χ2n) is 8.97. The number of ether oxygens (including phenoxy) is 3. The van der Waals surface area contributed by atoms with E-state index >= 15 is 0 Å². The molecule has 0 amide bonds. The monoisotopic (exact) mass is 522 g/mol. The number of alkyl halides is 1. The minimum Gasteiger partial charge on any atom is -0.543 e. The first-order valence-corrected chi connectivity index (χ1v) is 14.8. The molecule has 0 radical (unpaired) electrons. The van der Waals surface area contributed by atoms with Crippen LogP contribution < -0.4 is 13.9 Å². The quantitative estimate of drug-likeness (QED) is 0.160. The first-order chi connectivity index (χ1) is 15.2. The normalized spacial score (nSPS) is 13.0. The highest BCUT2D eigenvalue weighted by Crippen LogP contribution is 2.43. The Labute approximate surface area is 203 Å². The van der Waals surface area contributed by atoms with E-state index < -0.39 is 8.32 Å². The first-order valence-electron chi connectivity index (χ1n) is 11.5. The van der Waals surface area contributed by atoms with Gasteiger partial charge in [-0.2, -0.15) is 0 Å². The summed E-state index contributed by atoms with van der Waals surface area (Å²) in [5.74, 6) is 2.28. The predicted molar refractivity (Wildman–Crippen MR) is 140 cm³/mol. The molecule has 1 unspecified atom stereocenters. The summed E-state index contributed by atoms with van der Waals surface area (Å²) in [6, 6.07) is 14.4. The van der Waals surface area contributed by atoms with Gasteiger partial charge >= 0.3 is 0 Å². The summed E-state index contributed by atoms with van der Waals surface area (Å²) in [5, 5.41) is 0.573. The molecule has 32 heavy (non-hydrogen) atoms. The van der Waals surface area contributed by atoms with Gasteiger partial charge < -0.3 is 18.6 Å². The molecule has 0 aliphatic rings. The fraction of sp³-hybridized carbons (Fsp3) is 0.538. The Bertz CT molecular complexity index is 832. The summed E-state index contributed by atoms with van der Waals surface area (Å²) in [5.41, 5.74) is 3.69. The summed E-state index contributed by atoms with van der Waals surface area (Å²) in [7, 11) is -0.373. The zero-order chi connectivity index (χ0) is 23.9. The van der Waals surface area contributed by atoms with E-state index in [1.807, 2.05) is 25.1 Å². The molecule has 2 aromatic carbocycles. The molecule has 2 aromatic rings. The van der Waals surface area contributed by atoms with E-state index in [2.05, 4.69) is 81.7 Å². The SMILES string of the molecule is CCOC(CBr)Oc1cc(-c2cccc(O[Si](C(C)C)(C(C)C)C(C)C)c2)ccc1OC. The molecule has 6 heteroatoms. The van der Waals surface area contributed by atoms with Gasteiger partial charge in [-0.3, -0.25) is 0 Å². The Kier molecular flexibility index (Phi) is 10.1. The molecule has 0 spiro atoms. The van der Waals surface area contributed by atoms with Crippen molar-refractivity contribution in [3.05, 3.63) is 42.5 Å². The Hall–Kier alpha value is -1.50. The average Bonchev–Trinajstić information content (AvgIpc) is 2.76. The zero-order valence-corrected chi connectivity index (χ0v) is 23.4. The van der Waals surface area contributed by atoms with Crippen LogP contribution in [0.25, 0.3) is 11.1 Å². The van der Waals surface area contributed by atoms with Crippen LogP contribution in [0.4, 0.5) is 0 Å². The third kappa shape index (κ3) is 6.09. The van der Waals surface area contributed by atoms with Gasteiger partial charge in [0.05, 0.1) is 12.4 Å². The molecule has 4 nitrogen and oxygen atoms in total. The van der Waals surface area contributed by atoms with Gasteiger partial charge in [-0.25, -0.2) is 0 Å². The molecule has 0 heterocycles. The molecular formula is C26H39BrO4Si. The summed E-state index contributed by atoms with van der Waals surface area (Å²) in [6.45, 7) is 16.4. The Morgan fingerprint density at radius 3 is 2.00 bits per heavy atom. The lowest BCUT2D eigenvalue weighted by Crippen LogP contribution is -2.50. The van der Waals surface area contributed by atoms with Crippen molar-refractivity contribution in [3.63, 3.8) is 0 Å². The molecule has 1 atom stereocenters. The largest absolute Gasteiger partial charge is 0.543 e. The highest BCUT2D eigenvalue weighted by molar-refractivity contribution is 9.09. The number of rotatable bonds is 12. The highest BCUT2D eigenvalue weighted by Gasteiger charge is 2.47. The van der Waals surface area contributed by atoms with Gasteiger partial charge in [-0.1, -0.05) is 75.7 Å². The van der Waals surface area contributed by atoms with Gasteiger partial charge in [0, 0.05) is 6.61 Å². The maximum Gasteiger partial charge on any atom is 0.258 e. The molecule has 0 saturated heterocycles. The summed E-state index contributed by atoms with van der Waals surface area (Å²) in [4.78, 5) is 0. The standard InChI is InChI=1S/C26H39BrO4Si/c1-9-29-26(17-27)30-25-16-22(13-14-24(25)28-8)21-11-10-12-23(15-21)31-32(18(2)3,19(4)5)20(6)7/h10-16,18-20,26H,9,17H2,1-8H3. The minimum atomic E-state index is -2.02. The summed E-state index contributed by atoms with van der Waals surface area (Å²) in [6.07, 6.45) is -0.381. The number of methoxy groups -OCH3 is 1. The summed E-state index contributed by atoms with van der Waals surface area (Å²) < 4.78 is 24.1. The number of benzene rings is 2. The van der Waals surface area contributed by atoms with E-state index in [-0.39, 0.29) is 6.29 Å². The van der Waals surface area contributed by atoms with Gasteiger partial charge in [0.2, 0.25) is 6.29 Å². The second kappa shape index (κ2) is 12.1. The molecule has 0 saturated carbocycles. The number of hydrogen-bond acceptors (Lipinski definition) is 4. The maximum atomic E-state index is 6.89. The van der Waals surface area contributed by atoms with Gasteiger partial charge in [0.1, 0.15) is 5.75 Å². The Morgan fingerprint density at radius 2 is 1.47 bits per heavy atom. The van der Waals surface area contributed by atoms with E-state index in [0.29, 0.717) is 40.1 Å². The van der Waals surface area contributed by atoms with Crippen LogP contribution >= 0.6 is 15.9 Å². The van der Waals surface area contributed by atoms with Crippen molar-refractivity contribution < 1.29 is 18.6 Å². The van der Waals surface area contributed by atoms with Crippen LogP contribution in [0.2, 0.25) is 16.6 Å². The fourth-order valence-corrected chi connectivity index (χ4v) is 10.2. The summed E-state index contributed by atoms with van der Waals surface area (Å²) >= 11 is 3.45. The van der Waals surface area contributed by atoms with Crippen LogP contribution in [0.3, 0.4) is 0 Å². The molecule has 0 N–H and O–H groups in total. The minimum absolute atomic E-state index is 0.381. The van der Waals surface area contributed by atoms with E-state index in [1.54, 1.807) is 7.11 Å². The average molecular weight is 524 g/mol. The molecule has 178 valence electrons. The van der Waals surface area contributed by atoms with Crippen molar-refractivity contribution in [2.45, 2.75) is 71.4 Å². The van der Waals surface area contributed by atoms with Crippen LogP contribution in [-0.2, 0) is 4.74 Å². The highest BCUT2D eigenvalue weighted by atomic mass is 79.9. The molecule has 0 aliphatic carbocycles. The second-order valence-corrected chi connectivity index (χ2v) is 15.0. The smallest absolute Gasteiger partial charge is 0.258 e. The van der Waals surface area contributed by atoms with Crippen molar-refractivity contribution in [1.29, 1.82) is 0 Å². The van der Waals surface area contributed by atoms with Crippen molar-refractivity contribution in [3.8, 4) is 28.4 Å². The van der Waals surface area contributed by atoms with Crippen LogP contribution in [0, 0.1) is 0 Å². The Balaban J connectivity index is 2.41. The van der Waals surface area contributed by atoms with Crippen LogP contribution in [0.15, 0.2) is 42.5 Å². The lowest BCUT2D eigenvalue weighted by Gasteiger charge is -2.42. The van der Waals surface area contributed by atoms with Crippen LogP contribution in [0.5, 0.6) is 17.2 Å². The van der Waals surface area contributed by atoms with E-state index in [4.69, 9.17) is 18.6 Å². The van der Waals surface area contributed by atoms with Gasteiger partial charge in [0.15, 0.2) is 11.5 Å². The van der Waals surface area contributed by atoms with Crippen molar-refractivity contribution >= 4 is 24.2 Å². The third-order valence-electron chi connectivity index (χ3n) is 6.07. The van der Waals surface area contributed by atoms with Crippen molar-refractivity contribution in [2.75, 3.05) is 19.0 Å². The Morgan fingerprint density at radius 1 is 0.844 bits per heavy atom. The maximum absolute atomic E-state index is 6.89. The van der Waals surface area contributed by atoms with E-state index in [0.717, 1.165) is 16.9 Å². The number of halogens is 1. The van der Waals surface area contributed by atoms with Gasteiger partial charge in [-0.05, 0) is 58.9 Å².